The topological polar surface area (TPSA) is 58.6 Å². The highest BCUT2D eigenvalue weighted by atomic mass is 35.5. The molecule has 0 bridgehead atoms. The van der Waals surface area contributed by atoms with Crippen molar-refractivity contribution >= 4 is 29.1 Å². The third-order valence-electron chi connectivity index (χ3n) is 5.90. The van der Waals surface area contributed by atoms with Gasteiger partial charge in [0.15, 0.2) is 6.10 Å². The summed E-state index contributed by atoms with van der Waals surface area (Å²) in [7, 11) is 0. The number of carbonyl (C=O) groups excluding carboxylic acids is 2. The molecule has 3 aromatic carbocycles. The lowest BCUT2D eigenvalue weighted by atomic mass is 9.95. The van der Waals surface area contributed by atoms with Gasteiger partial charge >= 0.3 is 0 Å². The van der Waals surface area contributed by atoms with Crippen LogP contribution in [0.3, 0.4) is 0 Å². The maximum Gasteiger partial charge on any atom is 0.263 e. The molecule has 33 heavy (non-hydrogen) atoms. The van der Waals surface area contributed by atoms with E-state index >= 15 is 0 Å². The van der Waals surface area contributed by atoms with Gasteiger partial charge in [-0.25, -0.2) is 0 Å². The van der Waals surface area contributed by atoms with Crippen LogP contribution in [0.4, 0.5) is 5.69 Å². The molecule has 5 nitrogen and oxygen atoms in total. The molecule has 2 amide bonds. The maximum atomic E-state index is 13.0. The third kappa shape index (κ3) is 5.20. The SMILES string of the molecule is CC[C@H](C(=O)Nc1ccc2c(c1)CN(Cc1ccccc1Cl)C(=O)[C@@H](C)O2)c1ccccc1. The Kier molecular flexibility index (Phi) is 6.99. The lowest BCUT2D eigenvalue weighted by molar-refractivity contribution is -0.138. The minimum atomic E-state index is -0.614. The van der Waals surface area contributed by atoms with E-state index in [-0.39, 0.29) is 17.7 Å². The first kappa shape index (κ1) is 22.9. The van der Waals surface area contributed by atoms with Crippen LogP contribution in [0.15, 0.2) is 72.8 Å². The molecular weight excluding hydrogens is 436 g/mol. The first-order valence-corrected chi connectivity index (χ1v) is 11.5. The standard InChI is InChI=1S/C27H27ClN2O3/c1-3-23(19-9-5-4-6-10-19)26(31)29-22-13-14-25-21(15-22)17-30(27(32)18(2)33-25)16-20-11-7-8-12-24(20)28/h4-15,18,23H,3,16-17H2,1-2H3,(H,29,31)/t18-,23+/m1/s1. The number of nitrogens with zero attached hydrogens (tertiary/aromatic N) is 1. The van der Waals surface area contributed by atoms with Gasteiger partial charge in [0.2, 0.25) is 5.91 Å². The molecule has 1 aliphatic heterocycles. The predicted molar refractivity (Wildman–Crippen MR) is 130 cm³/mol. The van der Waals surface area contributed by atoms with Gasteiger partial charge in [0.25, 0.3) is 5.91 Å². The van der Waals surface area contributed by atoms with Crippen molar-refractivity contribution in [3.63, 3.8) is 0 Å². The number of anilines is 1. The van der Waals surface area contributed by atoms with Crippen LogP contribution < -0.4 is 10.1 Å². The van der Waals surface area contributed by atoms with E-state index in [0.717, 1.165) is 16.7 Å². The summed E-state index contributed by atoms with van der Waals surface area (Å²) in [5, 5.41) is 3.66. The molecule has 0 saturated heterocycles. The van der Waals surface area contributed by atoms with E-state index in [2.05, 4.69) is 5.32 Å². The summed E-state index contributed by atoms with van der Waals surface area (Å²) in [5.74, 6) is 0.243. The summed E-state index contributed by atoms with van der Waals surface area (Å²) in [5.41, 5.74) is 3.38. The molecule has 3 aromatic rings. The van der Waals surface area contributed by atoms with Crippen LogP contribution in [-0.4, -0.2) is 22.8 Å². The van der Waals surface area contributed by atoms with Gasteiger partial charge in [0.1, 0.15) is 5.75 Å². The van der Waals surface area contributed by atoms with Gasteiger partial charge in [-0.2, -0.15) is 0 Å². The molecule has 1 aliphatic rings. The third-order valence-corrected chi connectivity index (χ3v) is 6.27. The zero-order valence-corrected chi connectivity index (χ0v) is 19.5. The number of ether oxygens (including phenoxy) is 1. The molecule has 1 N–H and O–H groups in total. The second-order valence-electron chi connectivity index (χ2n) is 8.23. The van der Waals surface area contributed by atoms with Gasteiger partial charge in [-0.1, -0.05) is 67.1 Å². The Morgan fingerprint density at radius 2 is 1.85 bits per heavy atom. The van der Waals surface area contributed by atoms with Crippen molar-refractivity contribution < 1.29 is 14.3 Å². The van der Waals surface area contributed by atoms with E-state index in [1.165, 1.54) is 0 Å². The lowest BCUT2D eigenvalue weighted by Crippen LogP contribution is -2.37. The van der Waals surface area contributed by atoms with E-state index in [1.807, 2.05) is 79.7 Å². The average molecular weight is 463 g/mol. The summed E-state index contributed by atoms with van der Waals surface area (Å²) in [6, 6.07) is 22.8. The van der Waals surface area contributed by atoms with Gasteiger partial charge in [0, 0.05) is 29.4 Å². The fraction of sp³-hybridized carbons (Fsp3) is 0.259. The molecule has 170 valence electrons. The first-order chi connectivity index (χ1) is 16.0. The Labute approximate surface area is 199 Å². The van der Waals surface area contributed by atoms with Crippen molar-refractivity contribution in [2.24, 2.45) is 0 Å². The summed E-state index contributed by atoms with van der Waals surface area (Å²) in [4.78, 5) is 27.7. The smallest absolute Gasteiger partial charge is 0.263 e. The van der Waals surface area contributed by atoms with E-state index in [4.69, 9.17) is 16.3 Å². The minimum absolute atomic E-state index is 0.0597. The lowest BCUT2D eigenvalue weighted by Gasteiger charge is -2.23. The Bertz CT molecular complexity index is 1150. The van der Waals surface area contributed by atoms with Gasteiger partial charge in [-0.3, -0.25) is 9.59 Å². The zero-order chi connectivity index (χ0) is 23.4. The number of carbonyl (C=O) groups is 2. The number of hydrogen-bond acceptors (Lipinski definition) is 3. The van der Waals surface area contributed by atoms with Crippen molar-refractivity contribution in [1.82, 2.24) is 4.90 Å². The number of hydrogen-bond donors (Lipinski definition) is 1. The van der Waals surface area contributed by atoms with E-state index in [9.17, 15) is 9.59 Å². The molecular formula is C27H27ClN2O3. The van der Waals surface area contributed by atoms with Crippen LogP contribution in [0.1, 0.15) is 42.9 Å². The molecule has 0 unspecified atom stereocenters. The van der Waals surface area contributed by atoms with Crippen LogP contribution in [0.25, 0.3) is 0 Å². The van der Waals surface area contributed by atoms with Gasteiger partial charge in [-0.05, 0) is 48.7 Å². The van der Waals surface area contributed by atoms with Crippen LogP contribution in [0.5, 0.6) is 5.75 Å². The van der Waals surface area contributed by atoms with Crippen LogP contribution in [0.2, 0.25) is 5.02 Å². The number of nitrogens with one attached hydrogen (secondary N) is 1. The first-order valence-electron chi connectivity index (χ1n) is 11.1. The number of amides is 2. The molecule has 4 rings (SSSR count). The average Bonchev–Trinajstić information content (AvgIpc) is 2.93. The van der Waals surface area contributed by atoms with Crippen LogP contribution >= 0.6 is 11.6 Å². The highest BCUT2D eigenvalue weighted by Crippen LogP contribution is 2.31. The highest BCUT2D eigenvalue weighted by Gasteiger charge is 2.29. The summed E-state index contributed by atoms with van der Waals surface area (Å²) >= 11 is 6.33. The molecule has 1 heterocycles. The van der Waals surface area contributed by atoms with Crippen molar-refractivity contribution in [3.8, 4) is 5.75 Å². The molecule has 2 atom stereocenters. The molecule has 6 heteroatoms. The van der Waals surface area contributed by atoms with E-state index < -0.39 is 6.10 Å². The molecule has 0 saturated carbocycles. The van der Waals surface area contributed by atoms with Crippen molar-refractivity contribution in [1.29, 1.82) is 0 Å². The number of rotatable bonds is 6. The quantitative estimate of drug-likeness (QED) is 0.505. The molecule has 0 spiro atoms. The molecule has 0 aromatic heterocycles. The van der Waals surface area contributed by atoms with Gasteiger partial charge in [0.05, 0.1) is 5.92 Å². The fourth-order valence-electron chi connectivity index (χ4n) is 4.13. The monoisotopic (exact) mass is 462 g/mol. The molecule has 0 fully saturated rings. The number of benzene rings is 3. The van der Waals surface area contributed by atoms with Gasteiger partial charge < -0.3 is 15.0 Å². The summed E-state index contributed by atoms with van der Waals surface area (Å²) < 4.78 is 5.93. The highest BCUT2D eigenvalue weighted by molar-refractivity contribution is 6.31. The second-order valence-corrected chi connectivity index (χ2v) is 8.64. The van der Waals surface area contributed by atoms with Crippen LogP contribution in [-0.2, 0) is 22.7 Å². The normalized spacial score (nSPS) is 16.4. The van der Waals surface area contributed by atoms with Crippen molar-refractivity contribution in [2.45, 2.75) is 45.4 Å². The maximum absolute atomic E-state index is 13.0. The Morgan fingerprint density at radius 1 is 1.12 bits per heavy atom. The summed E-state index contributed by atoms with van der Waals surface area (Å²) in [6.07, 6.45) is 0.0818. The number of fused-ring (bicyclic) bond motifs is 1. The Hall–Kier alpha value is -3.31. The predicted octanol–water partition coefficient (Wildman–Crippen LogP) is 5.78. The minimum Gasteiger partial charge on any atom is -0.481 e. The second kappa shape index (κ2) is 10.1. The van der Waals surface area contributed by atoms with E-state index in [1.54, 1.807) is 11.8 Å². The van der Waals surface area contributed by atoms with Gasteiger partial charge in [-0.15, -0.1) is 0 Å². The van der Waals surface area contributed by atoms with Crippen LogP contribution in [0, 0.1) is 0 Å². The Balaban J connectivity index is 1.56. The largest absolute Gasteiger partial charge is 0.481 e. The van der Waals surface area contributed by atoms with Crippen molar-refractivity contribution in [3.05, 3.63) is 94.5 Å². The van der Waals surface area contributed by atoms with Crippen molar-refractivity contribution in [2.75, 3.05) is 5.32 Å². The number of halogens is 1. The van der Waals surface area contributed by atoms with E-state index in [0.29, 0.717) is 36.0 Å². The fourth-order valence-corrected chi connectivity index (χ4v) is 4.33. The summed E-state index contributed by atoms with van der Waals surface area (Å²) in [6.45, 7) is 4.50. The zero-order valence-electron chi connectivity index (χ0n) is 18.8. The molecule has 0 radical (unpaired) electrons. The molecule has 0 aliphatic carbocycles. The Morgan fingerprint density at radius 3 is 2.58 bits per heavy atom.